The van der Waals surface area contributed by atoms with Crippen LogP contribution in [0.2, 0.25) is 0 Å². The van der Waals surface area contributed by atoms with Crippen molar-refractivity contribution in [1.29, 1.82) is 0 Å². The molecule has 2 aromatic carbocycles. The Kier molecular flexibility index (Phi) is 8.56. The largest absolute Gasteiger partial charge is 0.446 e. The molecule has 1 aromatic heterocycles. The number of amides is 2. The number of allylic oxidation sites excluding steroid dienone is 1. The Hall–Kier alpha value is -3.71. The predicted molar refractivity (Wildman–Crippen MR) is 145 cm³/mol. The van der Waals surface area contributed by atoms with Gasteiger partial charge in [-0.1, -0.05) is 36.4 Å². The number of likely N-dealkylation sites (tertiary alicyclic amines) is 1. The molecule has 0 saturated carbocycles. The van der Waals surface area contributed by atoms with Crippen LogP contribution in [0.3, 0.4) is 0 Å². The maximum Gasteiger partial charge on any atom is 0.254 e. The maximum atomic E-state index is 13.4. The molecule has 0 bridgehead atoms. The van der Waals surface area contributed by atoms with Gasteiger partial charge < -0.3 is 20.0 Å². The van der Waals surface area contributed by atoms with Crippen LogP contribution >= 0.6 is 0 Å². The summed E-state index contributed by atoms with van der Waals surface area (Å²) in [6.07, 6.45) is 4.12. The second-order valence-corrected chi connectivity index (χ2v) is 9.84. The van der Waals surface area contributed by atoms with Crippen LogP contribution in [-0.4, -0.2) is 41.3 Å². The first-order chi connectivity index (χ1) is 17.8. The predicted octanol–water partition coefficient (Wildman–Crippen LogP) is 5.21. The molecule has 7 heteroatoms. The fraction of sp³-hybridized carbons (Fsp3) is 0.367. The molecule has 1 saturated heterocycles. The highest BCUT2D eigenvalue weighted by atomic mass is 16.3. The first kappa shape index (κ1) is 26.4. The standard InChI is InChI=1S/C30H36N4O3/c1-20(2)24-9-5-8-23(16-24)18-31-11-7-12-32-28(35)25-14-21(3)15-26(17-25)30(36)34-13-6-10-27(34)29-33-22(4)19-37-29/h5,8-9,14-17,19,27,31H,1,6-7,10-13,18H2,2-4H3,(H,32,35). The van der Waals surface area contributed by atoms with E-state index >= 15 is 0 Å². The third-order valence-electron chi connectivity index (χ3n) is 6.59. The van der Waals surface area contributed by atoms with Crippen LogP contribution in [0.4, 0.5) is 0 Å². The smallest absolute Gasteiger partial charge is 0.254 e. The third-order valence-corrected chi connectivity index (χ3v) is 6.59. The molecule has 1 atom stereocenters. The number of carbonyl (C=O) groups excluding carboxylic acids is 2. The van der Waals surface area contributed by atoms with Gasteiger partial charge in [0.2, 0.25) is 5.89 Å². The van der Waals surface area contributed by atoms with E-state index in [1.165, 1.54) is 5.56 Å². The van der Waals surface area contributed by atoms with Crippen molar-refractivity contribution in [3.63, 3.8) is 0 Å². The lowest BCUT2D eigenvalue weighted by molar-refractivity contribution is 0.0715. The summed E-state index contributed by atoms with van der Waals surface area (Å²) in [6.45, 7) is 12.5. The average Bonchev–Trinajstić information content (AvgIpc) is 3.54. The number of rotatable bonds is 10. The van der Waals surface area contributed by atoms with Crippen molar-refractivity contribution in [3.05, 3.63) is 94.7 Å². The SMILES string of the molecule is C=C(C)c1cccc(CNCCCNC(=O)c2cc(C)cc(C(=O)N3CCCC3c3nc(C)co3)c2)c1. The molecule has 37 heavy (non-hydrogen) atoms. The Balaban J connectivity index is 1.29. The average molecular weight is 501 g/mol. The number of hydrogen-bond acceptors (Lipinski definition) is 5. The van der Waals surface area contributed by atoms with E-state index in [2.05, 4.69) is 40.4 Å². The summed E-state index contributed by atoms with van der Waals surface area (Å²) in [5.74, 6) is 0.301. The van der Waals surface area contributed by atoms with Gasteiger partial charge in [-0.05, 0) is 81.5 Å². The summed E-state index contributed by atoms with van der Waals surface area (Å²) in [7, 11) is 0. The molecular formula is C30H36N4O3. The minimum atomic E-state index is -0.173. The number of carbonyl (C=O) groups is 2. The van der Waals surface area contributed by atoms with Gasteiger partial charge in [0.05, 0.1) is 5.69 Å². The number of aryl methyl sites for hydroxylation is 2. The molecule has 7 nitrogen and oxygen atoms in total. The lowest BCUT2D eigenvalue weighted by Crippen LogP contribution is -2.31. The van der Waals surface area contributed by atoms with Crippen molar-refractivity contribution < 1.29 is 14.0 Å². The molecule has 0 radical (unpaired) electrons. The third kappa shape index (κ3) is 6.74. The molecule has 194 valence electrons. The van der Waals surface area contributed by atoms with Gasteiger partial charge in [0.15, 0.2) is 0 Å². The Morgan fingerprint density at radius 3 is 2.68 bits per heavy atom. The minimum Gasteiger partial charge on any atom is -0.446 e. The van der Waals surface area contributed by atoms with Crippen molar-refractivity contribution in [2.45, 2.75) is 52.6 Å². The summed E-state index contributed by atoms with van der Waals surface area (Å²) in [6, 6.07) is 13.5. The Bertz CT molecular complexity index is 1280. The van der Waals surface area contributed by atoms with Crippen molar-refractivity contribution in [3.8, 4) is 0 Å². The fourth-order valence-electron chi connectivity index (χ4n) is 4.69. The van der Waals surface area contributed by atoms with Crippen LogP contribution in [-0.2, 0) is 6.54 Å². The number of aromatic nitrogens is 1. The number of oxazole rings is 1. The summed E-state index contributed by atoms with van der Waals surface area (Å²) in [4.78, 5) is 32.5. The van der Waals surface area contributed by atoms with Crippen molar-refractivity contribution in [2.75, 3.05) is 19.6 Å². The van der Waals surface area contributed by atoms with Gasteiger partial charge in [-0.25, -0.2) is 4.98 Å². The maximum absolute atomic E-state index is 13.4. The van der Waals surface area contributed by atoms with E-state index in [0.29, 0.717) is 30.1 Å². The Morgan fingerprint density at radius 2 is 1.92 bits per heavy atom. The second kappa shape index (κ2) is 12.0. The van der Waals surface area contributed by atoms with E-state index in [0.717, 1.165) is 54.7 Å². The highest BCUT2D eigenvalue weighted by molar-refractivity contribution is 6.00. The number of nitrogens with zero attached hydrogens (tertiary/aromatic N) is 2. The summed E-state index contributed by atoms with van der Waals surface area (Å²) < 4.78 is 5.58. The molecule has 4 rings (SSSR count). The van der Waals surface area contributed by atoms with Gasteiger partial charge in [0, 0.05) is 30.8 Å². The molecule has 2 N–H and O–H groups in total. The molecule has 3 aromatic rings. The van der Waals surface area contributed by atoms with Crippen molar-refractivity contribution >= 4 is 17.4 Å². The van der Waals surface area contributed by atoms with Crippen LogP contribution in [0, 0.1) is 13.8 Å². The van der Waals surface area contributed by atoms with E-state index in [1.807, 2.05) is 39.0 Å². The Morgan fingerprint density at radius 1 is 1.11 bits per heavy atom. The van der Waals surface area contributed by atoms with E-state index in [9.17, 15) is 9.59 Å². The fourth-order valence-corrected chi connectivity index (χ4v) is 4.69. The van der Waals surface area contributed by atoms with Crippen molar-refractivity contribution in [1.82, 2.24) is 20.5 Å². The van der Waals surface area contributed by atoms with Crippen LogP contribution < -0.4 is 10.6 Å². The van der Waals surface area contributed by atoms with E-state index in [4.69, 9.17) is 4.42 Å². The zero-order chi connectivity index (χ0) is 26.4. The van der Waals surface area contributed by atoms with Gasteiger partial charge >= 0.3 is 0 Å². The van der Waals surface area contributed by atoms with Crippen LogP contribution in [0.15, 0.2) is 59.7 Å². The monoisotopic (exact) mass is 500 g/mol. The molecule has 0 aliphatic carbocycles. The Labute approximate surface area is 219 Å². The highest BCUT2D eigenvalue weighted by Crippen LogP contribution is 2.33. The van der Waals surface area contributed by atoms with E-state index < -0.39 is 0 Å². The molecular weight excluding hydrogens is 464 g/mol. The summed E-state index contributed by atoms with van der Waals surface area (Å²) in [5.41, 5.74) is 6.09. The number of nitrogens with one attached hydrogen (secondary N) is 2. The minimum absolute atomic E-state index is 0.101. The summed E-state index contributed by atoms with van der Waals surface area (Å²) >= 11 is 0. The second-order valence-electron chi connectivity index (χ2n) is 9.84. The van der Waals surface area contributed by atoms with Crippen molar-refractivity contribution in [2.24, 2.45) is 0 Å². The molecule has 2 heterocycles. The van der Waals surface area contributed by atoms with Crippen LogP contribution in [0.25, 0.3) is 5.57 Å². The molecule has 2 amide bonds. The normalized spacial score (nSPS) is 15.1. The van der Waals surface area contributed by atoms with Gasteiger partial charge in [-0.15, -0.1) is 0 Å². The van der Waals surface area contributed by atoms with Crippen LogP contribution in [0.5, 0.6) is 0 Å². The zero-order valence-electron chi connectivity index (χ0n) is 22.0. The molecule has 1 fully saturated rings. The first-order valence-corrected chi connectivity index (χ1v) is 12.9. The molecule has 0 spiro atoms. The van der Waals surface area contributed by atoms with Gasteiger partial charge in [-0.3, -0.25) is 9.59 Å². The van der Waals surface area contributed by atoms with E-state index in [1.54, 1.807) is 17.2 Å². The molecule has 1 aliphatic heterocycles. The topological polar surface area (TPSA) is 87.5 Å². The molecule has 1 aliphatic rings. The quantitative estimate of drug-likeness (QED) is 0.373. The van der Waals surface area contributed by atoms with E-state index in [-0.39, 0.29) is 17.9 Å². The van der Waals surface area contributed by atoms with Gasteiger partial charge in [0.1, 0.15) is 12.3 Å². The van der Waals surface area contributed by atoms with Gasteiger partial charge in [0.25, 0.3) is 11.8 Å². The lowest BCUT2D eigenvalue weighted by atomic mass is 10.0. The first-order valence-electron chi connectivity index (χ1n) is 12.9. The number of hydrogen-bond donors (Lipinski definition) is 2. The lowest BCUT2D eigenvalue weighted by Gasteiger charge is -2.23. The van der Waals surface area contributed by atoms with Crippen LogP contribution in [0.1, 0.15) is 81.2 Å². The van der Waals surface area contributed by atoms with Gasteiger partial charge in [-0.2, -0.15) is 0 Å². The zero-order valence-corrected chi connectivity index (χ0v) is 22.0. The highest BCUT2D eigenvalue weighted by Gasteiger charge is 2.34. The summed E-state index contributed by atoms with van der Waals surface area (Å²) in [5, 5.41) is 6.40. The number of benzene rings is 2. The molecule has 1 unspecified atom stereocenters.